The van der Waals surface area contributed by atoms with Gasteiger partial charge in [-0.15, -0.1) is 0 Å². The standard InChI is InChI=1S/C18H24N6O/c19-9-13-1-2-14(10-21-13)22-18(25)23-7-5-15(6-8-23)24-16-3-4-17(24)12-20-11-16/h1-2,10,15-17,20H,3-8,11-12H2,(H,22,25). The molecule has 0 aromatic carbocycles. The Morgan fingerprint density at radius 2 is 1.88 bits per heavy atom. The van der Waals surface area contributed by atoms with E-state index in [0.29, 0.717) is 29.5 Å². The number of nitriles is 1. The van der Waals surface area contributed by atoms with Crippen molar-refractivity contribution in [3.8, 4) is 6.07 Å². The smallest absolute Gasteiger partial charge is 0.321 e. The van der Waals surface area contributed by atoms with E-state index in [1.54, 1.807) is 12.1 Å². The Hall–Kier alpha value is -2.17. The average Bonchev–Trinajstić information content (AvgIpc) is 2.91. The molecule has 7 heteroatoms. The molecule has 2 N–H and O–H groups in total. The Morgan fingerprint density at radius 1 is 1.16 bits per heavy atom. The molecule has 2 atom stereocenters. The van der Waals surface area contributed by atoms with E-state index >= 15 is 0 Å². The van der Waals surface area contributed by atoms with Gasteiger partial charge in [0.1, 0.15) is 11.8 Å². The molecule has 0 aliphatic carbocycles. The van der Waals surface area contributed by atoms with Crippen molar-refractivity contribution in [1.29, 1.82) is 5.26 Å². The minimum absolute atomic E-state index is 0.0757. The largest absolute Gasteiger partial charge is 0.324 e. The third kappa shape index (κ3) is 3.32. The first-order valence-electron chi connectivity index (χ1n) is 9.15. The van der Waals surface area contributed by atoms with Gasteiger partial charge in [0.2, 0.25) is 0 Å². The van der Waals surface area contributed by atoms with Crippen molar-refractivity contribution in [1.82, 2.24) is 20.1 Å². The number of hydrogen-bond acceptors (Lipinski definition) is 5. The number of nitrogens with one attached hydrogen (secondary N) is 2. The molecule has 3 aliphatic rings. The van der Waals surface area contributed by atoms with E-state index in [1.807, 2.05) is 11.0 Å². The van der Waals surface area contributed by atoms with E-state index in [9.17, 15) is 4.79 Å². The zero-order valence-electron chi connectivity index (χ0n) is 14.3. The SMILES string of the molecule is N#Cc1ccc(NC(=O)N2CCC(N3C4CCC3CNC4)CC2)cn1. The third-order valence-electron chi connectivity index (χ3n) is 5.74. The molecule has 0 saturated carbocycles. The van der Waals surface area contributed by atoms with Gasteiger partial charge in [0.05, 0.1) is 11.9 Å². The number of piperazine rings is 1. The van der Waals surface area contributed by atoms with Crippen LogP contribution in [0, 0.1) is 11.3 Å². The maximum Gasteiger partial charge on any atom is 0.321 e. The maximum atomic E-state index is 12.4. The quantitative estimate of drug-likeness (QED) is 0.850. The van der Waals surface area contributed by atoms with Gasteiger partial charge in [0.15, 0.2) is 0 Å². The summed E-state index contributed by atoms with van der Waals surface area (Å²) in [6, 6.07) is 7.22. The summed E-state index contributed by atoms with van der Waals surface area (Å²) in [5, 5.41) is 15.2. The summed E-state index contributed by atoms with van der Waals surface area (Å²) in [6.07, 6.45) is 6.24. The maximum absolute atomic E-state index is 12.4. The number of amides is 2. The normalized spacial score (nSPS) is 27.1. The summed E-state index contributed by atoms with van der Waals surface area (Å²) in [5.74, 6) is 0. The number of anilines is 1. The lowest BCUT2D eigenvalue weighted by atomic mass is 10.00. The van der Waals surface area contributed by atoms with E-state index < -0.39 is 0 Å². The Morgan fingerprint density at radius 3 is 2.48 bits per heavy atom. The lowest BCUT2D eigenvalue weighted by Crippen LogP contribution is -2.58. The number of fused-ring (bicyclic) bond motifs is 2. The first-order chi connectivity index (χ1) is 12.2. The molecule has 0 spiro atoms. The van der Waals surface area contributed by atoms with Crippen LogP contribution in [0.15, 0.2) is 18.3 Å². The van der Waals surface area contributed by atoms with Crippen molar-refractivity contribution in [3.05, 3.63) is 24.0 Å². The molecule has 132 valence electrons. The molecule has 2 bridgehead atoms. The minimum Gasteiger partial charge on any atom is -0.324 e. The highest BCUT2D eigenvalue weighted by atomic mass is 16.2. The van der Waals surface area contributed by atoms with E-state index in [4.69, 9.17) is 5.26 Å². The summed E-state index contributed by atoms with van der Waals surface area (Å²) in [6.45, 7) is 3.82. The molecule has 4 heterocycles. The molecule has 1 aromatic rings. The molecule has 3 saturated heterocycles. The van der Waals surface area contributed by atoms with Crippen LogP contribution in [0.4, 0.5) is 10.5 Å². The summed E-state index contributed by atoms with van der Waals surface area (Å²) >= 11 is 0. The Kier molecular flexibility index (Phi) is 4.55. The van der Waals surface area contributed by atoms with Gasteiger partial charge in [0, 0.05) is 44.3 Å². The van der Waals surface area contributed by atoms with Crippen LogP contribution in [-0.4, -0.2) is 65.1 Å². The van der Waals surface area contributed by atoms with Gasteiger partial charge in [-0.2, -0.15) is 5.26 Å². The number of hydrogen-bond donors (Lipinski definition) is 2. The van der Waals surface area contributed by atoms with E-state index in [-0.39, 0.29) is 6.03 Å². The van der Waals surface area contributed by atoms with Crippen molar-refractivity contribution in [3.63, 3.8) is 0 Å². The second kappa shape index (κ2) is 6.98. The number of piperidine rings is 1. The monoisotopic (exact) mass is 340 g/mol. The summed E-state index contributed by atoms with van der Waals surface area (Å²) in [7, 11) is 0. The van der Waals surface area contributed by atoms with Gasteiger partial charge in [-0.25, -0.2) is 9.78 Å². The van der Waals surface area contributed by atoms with Gasteiger partial charge < -0.3 is 15.5 Å². The minimum atomic E-state index is -0.0757. The summed E-state index contributed by atoms with van der Waals surface area (Å²) in [5.41, 5.74) is 0.982. The molecule has 3 aliphatic heterocycles. The van der Waals surface area contributed by atoms with Crippen LogP contribution in [-0.2, 0) is 0 Å². The van der Waals surface area contributed by atoms with Crippen LogP contribution < -0.4 is 10.6 Å². The number of carbonyl (C=O) groups excluding carboxylic acids is 1. The lowest BCUT2D eigenvalue weighted by molar-refractivity contribution is 0.0608. The predicted octanol–water partition coefficient (Wildman–Crippen LogP) is 1.39. The average molecular weight is 340 g/mol. The van der Waals surface area contributed by atoms with E-state index in [0.717, 1.165) is 39.0 Å². The highest BCUT2D eigenvalue weighted by Gasteiger charge is 2.41. The highest BCUT2D eigenvalue weighted by Crippen LogP contribution is 2.32. The second-order valence-corrected chi connectivity index (χ2v) is 7.18. The molecule has 4 rings (SSSR count). The van der Waals surface area contributed by atoms with Crippen LogP contribution in [0.2, 0.25) is 0 Å². The number of nitrogens with zero attached hydrogens (tertiary/aromatic N) is 4. The highest BCUT2D eigenvalue weighted by molar-refractivity contribution is 5.89. The van der Waals surface area contributed by atoms with Gasteiger partial charge in [-0.05, 0) is 37.8 Å². The molecular formula is C18H24N6O. The molecule has 2 unspecified atom stereocenters. The van der Waals surface area contributed by atoms with E-state index in [2.05, 4.69) is 20.5 Å². The first kappa shape index (κ1) is 16.3. The van der Waals surface area contributed by atoms with Crippen molar-refractivity contribution in [2.24, 2.45) is 0 Å². The van der Waals surface area contributed by atoms with Gasteiger partial charge in [-0.3, -0.25) is 4.90 Å². The Bertz CT molecular complexity index is 645. The van der Waals surface area contributed by atoms with Gasteiger partial charge >= 0.3 is 6.03 Å². The second-order valence-electron chi connectivity index (χ2n) is 7.18. The van der Waals surface area contributed by atoms with Gasteiger partial charge in [0.25, 0.3) is 0 Å². The predicted molar refractivity (Wildman–Crippen MR) is 94.1 cm³/mol. The van der Waals surface area contributed by atoms with Crippen molar-refractivity contribution >= 4 is 11.7 Å². The summed E-state index contributed by atoms with van der Waals surface area (Å²) in [4.78, 5) is 21.0. The number of aromatic nitrogens is 1. The first-order valence-corrected chi connectivity index (χ1v) is 9.15. The molecule has 0 radical (unpaired) electrons. The number of pyridine rings is 1. The molecular weight excluding hydrogens is 316 g/mol. The molecule has 3 fully saturated rings. The van der Waals surface area contributed by atoms with Crippen molar-refractivity contribution in [2.75, 3.05) is 31.5 Å². The van der Waals surface area contributed by atoms with Crippen LogP contribution in [0.5, 0.6) is 0 Å². The third-order valence-corrected chi connectivity index (χ3v) is 5.74. The van der Waals surface area contributed by atoms with Crippen LogP contribution in [0.1, 0.15) is 31.4 Å². The molecule has 7 nitrogen and oxygen atoms in total. The fourth-order valence-electron chi connectivity index (χ4n) is 4.51. The fourth-order valence-corrected chi connectivity index (χ4v) is 4.51. The zero-order chi connectivity index (χ0) is 17.2. The van der Waals surface area contributed by atoms with E-state index in [1.165, 1.54) is 19.0 Å². The van der Waals surface area contributed by atoms with Gasteiger partial charge in [-0.1, -0.05) is 0 Å². The number of likely N-dealkylation sites (tertiary alicyclic amines) is 1. The number of urea groups is 1. The zero-order valence-corrected chi connectivity index (χ0v) is 14.3. The lowest BCUT2D eigenvalue weighted by Gasteiger charge is -2.44. The van der Waals surface area contributed by atoms with Crippen LogP contribution >= 0.6 is 0 Å². The molecule has 25 heavy (non-hydrogen) atoms. The summed E-state index contributed by atoms with van der Waals surface area (Å²) < 4.78 is 0. The topological polar surface area (TPSA) is 84.3 Å². The molecule has 2 amide bonds. The van der Waals surface area contributed by atoms with Crippen LogP contribution in [0.25, 0.3) is 0 Å². The Balaban J connectivity index is 1.31. The van der Waals surface area contributed by atoms with Crippen LogP contribution in [0.3, 0.4) is 0 Å². The van der Waals surface area contributed by atoms with Crippen molar-refractivity contribution in [2.45, 2.75) is 43.8 Å². The van der Waals surface area contributed by atoms with Crippen molar-refractivity contribution < 1.29 is 4.79 Å². The number of rotatable bonds is 2. The molecule has 1 aromatic heterocycles. The Labute approximate surface area is 148 Å². The fraction of sp³-hybridized carbons (Fsp3) is 0.611. The number of carbonyl (C=O) groups is 1.